The lowest BCUT2D eigenvalue weighted by molar-refractivity contribution is -0.147. The molecule has 8 heteroatoms. The van der Waals surface area contributed by atoms with Gasteiger partial charge in [0.25, 0.3) is 5.91 Å². The van der Waals surface area contributed by atoms with E-state index in [0.29, 0.717) is 11.4 Å². The monoisotopic (exact) mass is 436 g/mol. The maximum atomic E-state index is 12.0. The number of carbonyl (C=O) groups is 2. The topological polar surface area (TPSA) is 68.3 Å². The van der Waals surface area contributed by atoms with Gasteiger partial charge in [-0.15, -0.1) is 0 Å². The molecule has 0 saturated carbocycles. The van der Waals surface area contributed by atoms with Gasteiger partial charge < -0.3 is 10.1 Å². The van der Waals surface area contributed by atoms with E-state index >= 15 is 0 Å². The molecule has 3 rings (SSSR count). The van der Waals surface area contributed by atoms with Gasteiger partial charge in [0.1, 0.15) is 0 Å². The number of para-hydroxylation sites is 1. The third-order valence-electron chi connectivity index (χ3n) is 3.88. The van der Waals surface area contributed by atoms with Gasteiger partial charge in [0.15, 0.2) is 6.61 Å². The van der Waals surface area contributed by atoms with Gasteiger partial charge in [-0.3, -0.25) is 14.6 Å². The minimum atomic E-state index is -0.552. The first-order valence-corrected chi connectivity index (χ1v) is 9.50. The first kappa shape index (κ1) is 20.4. The fourth-order valence-corrected chi connectivity index (χ4v) is 3.44. The lowest BCUT2D eigenvalue weighted by atomic mass is 10.1. The molecular formula is C20H15Cl3N2O3. The number of pyridine rings is 1. The van der Waals surface area contributed by atoms with Crippen molar-refractivity contribution in [2.45, 2.75) is 12.8 Å². The summed E-state index contributed by atoms with van der Waals surface area (Å²) in [6.45, 7) is -0.445. The number of aromatic nitrogens is 1. The predicted octanol–water partition coefficient (Wildman–Crippen LogP) is 5.31. The predicted molar refractivity (Wildman–Crippen MR) is 111 cm³/mol. The highest BCUT2D eigenvalue weighted by Crippen LogP contribution is 2.33. The van der Waals surface area contributed by atoms with Crippen LogP contribution in [0, 0.1) is 0 Å². The number of anilines is 1. The molecule has 2 aromatic carbocycles. The molecule has 28 heavy (non-hydrogen) atoms. The smallest absolute Gasteiger partial charge is 0.306 e. The Hall–Kier alpha value is -2.34. The normalized spacial score (nSPS) is 10.7. The van der Waals surface area contributed by atoms with E-state index in [-0.39, 0.29) is 22.2 Å². The molecule has 0 atom stereocenters. The number of carbonyl (C=O) groups excluding carboxylic acids is 2. The van der Waals surface area contributed by atoms with Gasteiger partial charge in [0.05, 0.1) is 27.7 Å². The highest BCUT2D eigenvalue weighted by Gasteiger charge is 2.13. The fourth-order valence-electron chi connectivity index (χ4n) is 2.53. The Balaban J connectivity index is 1.49. The van der Waals surface area contributed by atoms with E-state index in [1.807, 2.05) is 36.4 Å². The average molecular weight is 438 g/mol. The van der Waals surface area contributed by atoms with Crippen LogP contribution in [0.15, 0.2) is 48.5 Å². The number of amides is 1. The molecule has 1 amide bonds. The van der Waals surface area contributed by atoms with Crippen molar-refractivity contribution in [3.63, 3.8) is 0 Å². The minimum Gasteiger partial charge on any atom is -0.456 e. The number of nitrogens with zero attached hydrogens (tertiary/aromatic N) is 1. The summed E-state index contributed by atoms with van der Waals surface area (Å²) in [5.41, 5.74) is 1.86. The van der Waals surface area contributed by atoms with Crippen LogP contribution in [0.4, 0.5) is 5.69 Å². The fraction of sp³-hybridized carbons (Fsp3) is 0.150. The summed E-state index contributed by atoms with van der Waals surface area (Å²) in [5, 5.41) is 4.27. The molecule has 1 aromatic heterocycles. The third kappa shape index (κ3) is 5.35. The number of hydrogen-bond donors (Lipinski definition) is 1. The molecule has 0 saturated heterocycles. The number of fused-ring (bicyclic) bond motifs is 1. The zero-order valence-electron chi connectivity index (χ0n) is 14.5. The van der Waals surface area contributed by atoms with Crippen LogP contribution in [0.1, 0.15) is 12.1 Å². The quantitative estimate of drug-likeness (QED) is 0.531. The van der Waals surface area contributed by atoms with Crippen molar-refractivity contribution in [2.75, 3.05) is 11.9 Å². The van der Waals surface area contributed by atoms with Gasteiger partial charge in [0, 0.05) is 22.5 Å². The summed E-state index contributed by atoms with van der Waals surface area (Å²) in [5.74, 6) is -1.05. The van der Waals surface area contributed by atoms with Crippen molar-refractivity contribution < 1.29 is 14.3 Å². The van der Waals surface area contributed by atoms with E-state index in [4.69, 9.17) is 39.5 Å². The average Bonchev–Trinajstić information content (AvgIpc) is 2.67. The lowest BCUT2D eigenvalue weighted by Gasteiger charge is -2.10. The first-order chi connectivity index (χ1) is 13.4. The molecular weight excluding hydrogens is 423 g/mol. The molecule has 0 unspecified atom stereocenters. The first-order valence-electron chi connectivity index (χ1n) is 8.37. The van der Waals surface area contributed by atoms with Crippen LogP contribution < -0.4 is 5.32 Å². The Bertz CT molecular complexity index is 1020. The van der Waals surface area contributed by atoms with Crippen LogP contribution in [-0.4, -0.2) is 23.5 Å². The largest absolute Gasteiger partial charge is 0.456 e. The third-order valence-corrected chi connectivity index (χ3v) is 4.69. The summed E-state index contributed by atoms with van der Waals surface area (Å²) in [6, 6.07) is 14.5. The van der Waals surface area contributed by atoms with E-state index in [1.165, 1.54) is 12.1 Å². The second kappa shape index (κ2) is 9.24. The molecule has 0 aliphatic carbocycles. The molecule has 0 bridgehead atoms. The Labute approximate surface area is 176 Å². The Kier molecular flexibility index (Phi) is 6.73. The summed E-state index contributed by atoms with van der Waals surface area (Å²) in [4.78, 5) is 28.4. The number of ether oxygens (including phenoxy) is 1. The van der Waals surface area contributed by atoms with Crippen molar-refractivity contribution in [3.05, 3.63) is 69.3 Å². The maximum Gasteiger partial charge on any atom is 0.306 e. The maximum absolute atomic E-state index is 12.0. The van der Waals surface area contributed by atoms with Crippen molar-refractivity contribution in [3.8, 4) is 0 Å². The van der Waals surface area contributed by atoms with E-state index < -0.39 is 18.5 Å². The summed E-state index contributed by atoms with van der Waals surface area (Å²) in [6.07, 6.45) is 0.529. The molecule has 0 aliphatic rings. The number of hydrogen-bond acceptors (Lipinski definition) is 4. The zero-order valence-corrected chi connectivity index (χ0v) is 16.8. The summed E-state index contributed by atoms with van der Waals surface area (Å²) in [7, 11) is 0. The number of esters is 1. The van der Waals surface area contributed by atoms with Crippen LogP contribution in [0.3, 0.4) is 0 Å². The summed E-state index contributed by atoms with van der Waals surface area (Å²) < 4.78 is 5.00. The summed E-state index contributed by atoms with van der Waals surface area (Å²) >= 11 is 17.8. The van der Waals surface area contributed by atoms with Gasteiger partial charge >= 0.3 is 5.97 Å². The molecule has 1 N–H and O–H groups in total. The second-order valence-corrected chi connectivity index (χ2v) is 7.20. The van der Waals surface area contributed by atoms with Gasteiger partial charge in [-0.1, -0.05) is 59.1 Å². The molecule has 5 nitrogen and oxygen atoms in total. The standard InChI is InChI=1S/C20H15Cl3N2O3/c21-13-9-15(22)20(16(23)10-13)25-18(26)11-28-19(27)8-7-14-6-5-12-3-1-2-4-17(12)24-14/h1-6,9-10H,7-8,11H2,(H,25,26). The van der Waals surface area contributed by atoms with Gasteiger partial charge in [0.2, 0.25) is 0 Å². The van der Waals surface area contributed by atoms with Crippen molar-refractivity contribution in [1.82, 2.24) is 4.98 Å². The highest BCUT2D eigenvalue weighted by molar-refractivity contribution is 6.42. The van der Waals surface area contributed by atoms with E-state index in [1.54, 1.807) is 0 Å². The molecule has 3 aromatic rings. The van der Waals surface area contributed by atoms with Crippen LogP contribution >= 0.6 is 34.8 Å². The van der Waals surface area contributed by atoms with E-state index in [9.17, 15) is 9.59 Å². The van der Waals surface area contributed by atoms with E-state index in [2.05, 4.69) is 10.3 Å². The van der Waals surface area contributed by atoms with Crippen LogP contribution in [-0.2, 0) is 20.7 Å². The van der Waals surface area contributed by atoms with Crippen LogP contribution in [0.2, 0.25) is 15.1 Å². The van der Waals surface area contributed by atoms with Crippen LogP contribution in [0.25, 0.3) is 10.9 Å². The van der Waals surface area contributed by atoms with Crippen molar-refractivity contribution in [2.24, 2.45) is 0 Å². The van der Waals surface area contributed by atoms with Gasteiger partial charge in [-0.25, -0.2) is 0 Å². The number of nitrogens with one attached hydrogen (secondary N) is 1. The number of benzene rings is 2. The SMILES string of the molecule is O=C(COC(=O)CCc1ccc2ccccc2n1)Nc1c(Cl)cc(Cl)cc1Cl. The molecule has 0 spiro atoms. The Morgan fingerprint density at radius 2 is 1.71 bits per heavy atom. The molecule has 0 aliphatic heterocycles. The lowest BCUT2D eigenvalue weighted by Crippen LogP contribution is -2.21. The van der Waals surface area contributed by atoms with Crippen molar-refractivity contribution >= 4 is 63.3 Å². The highest BCUT2D eigenvalue weighted by atomic mass is 35.5. The second-order valence-electron chi connectivity index (χ2n) is 5.95. The number of halogens is 3. The molecule has 0 radical (unpaired) electrons. The van der Waals surface area contributed by atoms with Gasteiger partial charge in [-0.2, -0.15) is 0 Å². The number of aryl methyl sites for hydroxylation is 1. The minimum absolute atomic E-state index is 0.112. The van der Waals surface area contributed by atoms with Crippen molar-refractivity contribution in [1.29, 1.82) is 0 Å². The number of rotatable bonds is 6. The van der Waals surface area contributed by atoms with Gasteiger partial charge in [-0.05, 0) is 24.3 Å². The Morgan fingerprint density at radius 1 is 1.00 bits per heavy atom. The zero-order chi connectivity index (χ0) is 20.1. The molecule has 0 fully saturated rings. The molecule has 144 valence electrons. The Morgan fingerprint density at radius 3 is 2.46 bits per heavy atom. The van der Waals surface area contributed by atoms with E-state index in [0.717, 1.165) is 16.6 Å². The van der Waals surface area contributed by atoms with Crippen LogP contribution in [0.5, 0.6) is 0 Å². The molecule has 1 heterocycles.